The van der Waals surface area contributed by atoms with E-state index in [4.69, 9.17) is 0 Å². The Bertz CT molecular complexity index is 1060. The Hall–Kier alpha value is -3.49. The van der Waals surface area contributed by atoms with Gasteiger partial charge in [-0.3, -0.25) is 14.4 Å². The van der Waals surface area contributed by atoms with Crippen LogP contribution < -0.4 is 10.1 Å². The van der Waals surface area contributed by atoms with Gasteiger partial charge in [-0.2, -0.15) is 8.78 Å². The largest absolute Gasteiger partial charge is 0.434 e. The van der Waals surface area contributed by atoms with E-state index in [-0.39, 0.29) is 54.7 Å². The third-order valence-electron chi connectivity index (χ3n) is 5.94. The molecule has 0 saturated carbocycles. The molecule has 35 heavy (non-hydrogen) atoms. The molecule has 1 unspecified atom stereocenters. The van der Waals surface area contributed by atoms with Crippen LogP contribution >= 0.6 is 0 Å². The summed E-state index contributed by atoms with van der Waals surface area (Å²) in [5.41, 5.74) is 1.59. The van der Waals surface area contributed by atoms with Crippen LogP contribution in [-0.4, -0.2) is 66.4 Å². The number of rotatable bonds is 6. The minimum Gasteiger partial charge on any atom is -0.434 e. The second-order valence-electron chi connectivity index (χ2n) is 9.51. The molecule has 1 N–H and O–H groups in total. The molecule has 1 atom stereocenters. The Kier molecular flexibility index (Phi) is 8.09. The number of benzene rings is 2. The van der Waals surface area contributed by atoms with Crippen molar-refractivity contribution in [2.75, 3.05) is 26.2 Å². The summed E-state index contributed by atoms with van der Waals surface area (Å²) in [6.45, 7) is 5.87. The molecule has 0 aromatic heterocycles. The zero-order valence-electron chi connectivity index (χ0n) is 20.4. The van der Waals surface area contributed by atoms with E-state index in [0.29, 0.717) is 5.56 Å². The number of piperazine rings is 1. The number of nitrogens with zero attached hydrogens (tertiary/aromatic N) is 2. The number of carbonyl (C=O) groups is 3. The molecule has 1 aliphatic heterocycles. The van der Waals surface area contributed by atoms with Gasteiger partial charge in [0, 0.05) is 31.7 Å². The lowest BCUT2D eigenvalue weighted by Crippen LogP contribution is -2.55. The number of ether oxygens (including phenoxy) is 1. The molecule has 3 rings (SSSR count). The van der Waals surface area contributed by atoms with Crippen LogP contribution in [0, 0.1) is 0 Å². The summed E-state index contributed by atoms with van der Waals surface area (Å²) in [7, 11) is 0. The number of carbonyl (C=O) groups excluding carboxylic acids is 3. The lowest BCUT2D eigenvalue weighted by molar-refractivity contribution is -0.134. The van der Waals surface area contributed by atoms with E-state index in [9.17, 15) is 23.2 Å². The average molecular weight is 488 g/mol. The summed E-state index contributed by atoms with van der Waals surface area (Å²) in [6, 6.07) is 12.4. The van der Waals surface area contributed by atoms with Crippen LogP contribution in [0.3, 0.4) is 0 Å². The predicted molar refractivity (Wildman–Crippen MR) is 128 cm³/mol. The highest BCUT2D eigenvalue weighted by atomic mass is 19.3. The fraction of sp³-hybridized carbons (Fsp3) is 0.423. The maximum atomic E-state index is 12.9. The number of halogens is 2. The highest BCUT2D eigenvalue weighted by Crippen LogP contribution is 2.23. The number of hydrogen-bond acceptors (Lipinski definition) is 4. The molecule has 1 saturated heterocycles. The first kappa shape index (κ1) is 26.1. The molecular weight excluding hydrogens is 456 g/mol. The van der Waals surface area contributed by atoms with Crippen LogP contribution in [0.4, 0.5) is 8.78 Å². The van der Waals surface area contributed by atoms with Gasteiger partial charge in [-0.15, -0.1) is 0 Å². The molecule has 1 heterocycles. The molecule has 188 valence electrons. The van der Waals surface area contributed by atoms with Crippen molar-refractivity contribution in [3.8, 4) is 5.75 Å². The van der Waals surface area contributed by atoms with Gasteiger partial charge in [0.1, 0.15) is 11.8 Å². The summed E-state index contributed by atoms with van der Waals surface area (Å²) in [4.78, 5) is 41.4. The Labute approximate surface area is 204 Å². The van der Waals surface area contributed by atoms with Gasteiger partial charge in [0.05, 0.1) is 5.56 Å². The minimum atomic E-state index is -3.04. The van der Waals surface area contributed by atoms with E-state index >= 15 is 0 Å². The van der Waals surface area contributed by atoms with Crippen LogP contribution in [0.2, 0.25) is 0 Å². The first-order chi connectivity index (χ1) is 16.5. The average Bonchev–Trinajstić information content (AvgIpc) is 2.82. The van der Waals surface area contributed by atoms with Crippen LogP contribution in [0.25, 0.3) is 0 Å². The molecule has 0 spiro atoms. The standard InChI is InChI=1S/C26H31F2N3O4/c1-17(29-22(32)18-9-11-19(12-10-18)26(2,3)4)23(33)30-13-15-31(16-14-30)24(34)20-7-5-6-8-21(20)35-25(27)28/h5-12,17,25H,13-16H2,1-4H3,(H,29,32). The van der Waals surface area contributed by atoms with Crippen molar-refractivity contribution in [2.45, 2.75) is 45.8 Å². The number of hydrogen-bond donors (Lipinski definition) is 1. The number of alkyl halides is 2. The van der Waals surface area contributed by atoms with Gasteiger partial charge in [0.25, 0.3) is 11.8 Å². The number of amides is 3. The predicted octanol–water partition coefficient (Wildman–Crippen LogP) is 3.69. The minimum absolute atomic E-state index is 0.0280. The second kappa shape index (κ2) is 10.8. The fourth-order valence-corrected chi connectivity index (χ4v) is 3.88. The van der Waals surface area contributed by atoms with E-state index in [1.54, 1.807) is 30.0 Å². The van der Waals surface area contributed by atoms with Crippen LogP contribution in [-0.2, 0) is 10.2 Å². The van der Waals surface area contributed by atoms with Crippen molar-refractivity contribution in [1.29, 1.82) is 0 Å². The Morgan fingerprint density at radius 3 is 2.06 bits per heavy atom. The van der Waals surface area contributed by atoms with E-state index < -0.39 is 18.6 Å². The SMILES string of the molecule is CC(NC(=O)c1ccc(C(C)(C)C)cc1)C(=O)N1CCN(C(=O)c2ccccc2OC(F)F)CC1. The molecule has 2 aromatic rings. The van der Waals surface area contributed by atoms with Crippen molar-refractivity contribution >= 4 is 17.7 Å². The third kappa shape index (κ3) is 6.55. The first-order valence-electron chi connectivity index (χ1n) is 11.5. The molecule has 3 amide bonds. The Morgan fingerprint density at radius 1 is 0.914 bits per heavy atom. The smallest absolute Gasteiger partial charge is 0.387 e. The quantitative estimate of drug-likeness (QED) is 0.674. The van der Waals surface area contributed by atoms with Gasteiger partial charge in [0.2, 0.25) is 5.91 Å². The van der Waals surface area contributed by atoms with Gasteiger partial charge >= 0.3 is 6.61 Å². The highest BCUT2D eigenvalue weighted by molar-refractivity contribution is 5.98. The summed E-state index contributed by atoms with van der Waals surface area (Å²) in [5.74, 6) is -1.21. The second-order valence-corrected chi connectivity index (χ2v) is 9.51. The highest BCUT2D eigenvalue weighted by Gasteiger charge is 2.29. The molecule has 0 aliphatic carbocycles. The molecule has 9 heteroatoms. The first-order valence-corrected chi connectivity index (χ1v) is 11.5. The van der Waals surface area contributed by atoms with Gasteiger partial charge in [-0.1, -0.05) is 45.0 Å². The molecular formula is C26H31F2N3O4. The van der Waals surface area contributed by atoms with Crippen LogP contribution in [0.1, 0.15) is 54.0 Å². The maximum absolute atomic E-state index is 12.9. The van der Waals surface area contributed by atoms with Crippen molar-refractivity contribution in [1.82, 2.24) is 15.1 Å². The van der Waals surface area contributed by atoms with E-state index in [1.165, 1.54) is 23.1 Å². The lowest BCUT2D eigenvalue weighted by Gasteiger charge is -2.36. The normalized spacial score (nSPS) is 15.1. The number of nitrogens with one attached hydrogen (secondary N) is 1. The zero-order valence-corrected chi connectivity index (χ0v) is 20.4. The molecule has 1 aliphatic rings. The molecule has 0 radical (unpaired) electrons. The lowest BCUT2D eigenvalue weighted by atomic mass is 9.86. The van der Waals surface area contributed by atoms with E-state index in [0.717, 1.165) is 5.56 Å². The van der Waals surface area contributed by atoms with Gasteiger partial charge in [-0.05, 0) is 42.2 Å². The summed E-state index contributed by atoms with van der Waals surface area (Å²) in [6.07, 6.45) is 0. The van der Waals surface area contributed by atoms with E-state index in [1.807, 2.05) is 12.1 Å². The topological polar surface area (TPSA) is 79.0 Å². The molecule has 7 nitrogen and oxygen atoms in total. The molecule has 2 aromatic carbocycles. The molecule has 1 fully saturated rings. The van der Waals surface area contributed by atoms with Gasteiger partial charge in [0.15, 0.2) is 0 Å². The summed E-state index contributed by atoms with van der Waals surface area (Å²) in [5, 5.41) is 2.74. The Balaban J connectivity index is 1.55. The van der Waals surface area contributed by atoms with Gasteiger partial charge < -0.3 is 19.9 Å². The van der Waals surface area contributed by atoms with Crippen molar-refractivity contribution < 1.29 is 27.9 Å². The van der Waals surface area contributed by atoms with Crippen LogP contribution in [0.5, 0.6) is 5.75 Å². The summed E-state index contributed by atoms with van der Waals surface area (Å²) >= 11 is 0. The maximum Gasteiger partial charge on any atom is 0.387 e. The number of para-hydroxylation sites is 1. The molecule has 0 bridgehead atoms. The fourth-order valence-electron chi connectivity index (χ4n) is 3.88. The zero-order chi connectivity index (χ0) is 25.8. The summed E-state index contributed by atoms with van der Waals surface area (Å²) < 4.78 is 29.8. The van der Waals surface area contributed by atoms with E-state index in [2.05, 4.69) is 30.8 Å². The van der Waals surface area contributed by atoms with Crippen molar-refractivity contribution in [3.63, 3.8) is 0 Å². The monoisotopic (exact) mass is 487 g/mol. The third-order valence-corrected chi connectivity index (χ3v) is 5.94. The van der Waals surface area contributed by atoms with Crippen LogP contribution in [0.15, 0.2) is 48.5 Å². The Morgan fingerprint density at radius 2 is 1.49 bits per heavy atom. The van der Waals surface area contributed by atoms with Gasteiger partial charge in [-0.25, -0.2) is 0 Å². The van der Waals surface area contributed by atoms with Crippen molar-refractivity contribution in [3.05, 3.63) is 65.2 Å². The van der Waals surface area contributed by atoms with Crippen molar-refractivity contribution in [2.24, 2.45) is 0 Å².